The van der Waals surface area contributed by atoms with Crippen molar-refractivity contribution in [2.45, 2.75) is 26.3 Å². The Hall–Kier alpha value is -1.10. The van der Waals surface area contributed by atoms with E-state index in [1.54, 1.807) is 0 Å². The summed E-state index contributed by atoms with van der Waals surface area (Å²) in [6, 6.07) is 0. The van der Waals surface area contributed by atoms with Crippen molar-refractivity contribution in [3.8, 4) is 0 Å². The van der Waals surface area contributed by atoms with Gasteiger partial charge in [0.1, 0.15) is 12.4 Å². The molecule has 5 nitrogen and oxygen atoms in total. The van der Waals surface area contributed by atoms with Crippen LogP contribution in [0.5, 0.6) is 0 Å². The second-order valence-corrected chi connectivity index (χ2v) is 3.94. The molecule has 0 spiro atoms. The highest BCUT2D eigenvalue weighted by Gasteiger charge is 2.22. The smallest absolute Gasteiger partial charge is 0.393 e. The first-order valence-corrected chi connectivity index (χ1v) is 4.34. The summed E-state index contributed by atoms with van der Waals surface area (Å²) >= 11 is 0. The minimum absolute atomic E-state index is 0.120. The SMILES string of the molecule is CC(C)(C)NBNC(=O)B(C=O)C=O. The Morgan fingerprint density at radius 2 is 1.79 bits per heavy atom. The van der Waals surface area contributed by atoms with Gasteiger partial charge < -0.3 is 20.0 Å². The molecule has 0 radical (unpaired) electrons. The maximum absolute atomic E-state index is 11.1. The first-order chi connectivity index (χ1) is 6.40. The van der Waals surface area contributed by atoms with E-state index in [9.17, 15) is 14.4 Å². The fourth-order valence-corrected chi connectivity index (χ4v) is 0.670. The van der Waals surface area contributed by atoms with Crippen molar-refractivity contribution in [3.05, 3.63) is 0 Å². The molecule has 0 aliphatic heterocycles. The molecular formula is C7H14B2N2O3. The van der Waals surface area contributed by atoms with E-state index in [4.69, 9.17) is 0 Å². The minimum atomic E-state index is -1.20. The van der Waals surface area contributed by atoms with Gasteiger partial charge in [0.05, 0.1) is 0 Å². The van der Waals surface area contributed by atoms with Crippen molar-refractivity contribution in [1.29, 1.82) is 0 Å². The van der Waals surface area contributed by atoms with E-state index >= 15 is 0 Å². The van der Waals surface area contributed by atoms with Gasteiger partial charge in [0.25, 0.3) is 0 Å². The lowest BCUT2D eigenvalue weighted by molar-refractivity contribution is 0.263. The molecule has 0 aromatic rings. The Morgan fingerprint density at radius 3 is 2.14 bits per heavy atom. The van der Waals surface area contributed by atoms with Gasteiger partial charge in [0.2, 0.25) is 0 Å². The number of amides is 1. The Labute approximate surface area is 84.4 Å². The zero-order valence-corrected chi connectivity index (χ0v) is 8.66. The van der Waals surface area contributed by atoms with Gasteiger partial charge in [-0.25, -0.2) is 0 Å². The Morgan fingerprint density at radius 1 is 1.29 bits per heavy atom. The fraction of sp³-hybridized carbons (Fsp3) is 0.571. The average molecular weight is 196 g/mol. The van der Waals surface area contributed by atoms with E-state index in [0.717, 1.165) is 0 Å². The summed E-state index contributed by atoms with van der Waals surface area (Å²) in [6.45, 7) is 4.62. The van der Waals surface area contributed by atoms with E-state index in [0.29, 0.717) is 12.4 Å². The number of hydrogen-bond acceptors (Lipinski definition) is 4. The van der Waals surface area contributed by atoms with Gasteiger partial charge in [0, 0.05) is 5.54 Å². The predicted octanol–water partition coefficient (Wildman–Crippen LogP) is -1.03. The molecule has 7 heteroatoms. The molecule has 76 valence electrons. The van der Waals surface area contributed by atoms with Gasteiger partial charge in [-0.2, -0.15) is 0 Å². The summed E-state index contributed by atoms with van der Waals surface area (Å²) in [5, 5.41) is 5.42. The zero-order valence-electron chi connectivity index (χ0n) is 8.66. The van der Waals surface area contributed by atoms with Crippen molar-refractivity contribution < 1.29 is 14.4 Å². The van der Waals surface area contributed by atoms with Crippen molar-refractivity contribution in [3.63, 3.8) is 0 Å². The summed E-state index contributed by atoms with van der Waals surface area (Å²) in [5.74, 6) is -0.577. The predicted molar refractivity (Wildman–Crippen MR) is 57.8 cm³/mol. The van der Waals surface area contributed by atoms with Crippen LogP contribution in [0.1, 0.15) is 20.8 Å². The highest BCUT2D eigenvalue weighted by Crippen LogP contribution is 1.95. The Bertz CT molecular complexity index is 219. The van der Waals surface area contributed by atoms with E-state index in [-0.39, 0.29) is 13.1 Å². The monoisotopic (exact) mass is 196 g/mol. The molecule has 0 saturated heterocycles. The van der Waals surface area contributed by atoms with Gasteiger partial charge in [-0.15, -0.1) is 0 Å². The molecule has 0 atom stereocenters. The molecule has 0 heterocycles. The zero-order chi connectivity index (χ0) is 11.2. The van der Waals surface area contributed by atoms with Gasteiger partial charge >= 0.3 is 14.3 Å². The third-order valence-electron chi connectivity index (χ3n) is 1.48. The first-order valence-electron chi connectivity index (χ1n) is 4.34. The van der Waals surface area contributed by atoms with Gasteiger partial charge in [-0.05, 0) is 20.8 Å². The second kappa shape index (κ2) is 5.59. The summed E-state index contributed by atoms with van der Waals surface area (Å²) in [4.78, 5) is 31.5. The third-order valence-corrected chi connectivity index (χ3v) is 1.48. The van der Waals surface area contributed by atoms with Crippen molar-refractivity contribution in [1.82, 2.24) is 10.5 Å². The lowest BCUT2D eigenvalue weighted by atomic mass is 9.52. The number of carbonyl (C=O) groups is 3. The third kappa shape index (κ3) is 5.53. The van der Waals surface area contributed by atoms with Crippen LogP contribution in [-0.2, 0) is 9.59 Å². The average Bonchev–Trinajstić information content (AvgIpc) is 2.04. The molecule has 0 saturated carbocycles. The molecule has 0 bridgehead atoms. The van der Waals surface area contributed by atoms with Crippen LogP contribution >= 0.6 is 0 Å². The van der Waals surface area contributed by atoms with E-state index < -0.39 is 12.5 Å². The van der Waals surface area contributed by atoms with Crippen LogP contribution in [0.2, 0.25) is 0 Å². The van der Waals surface area contributed by atoms with Crippen molar-refractivity contribution >= 4 is 32.4 Å². The fourth-order valence-electron chi connectivity index (χ4n) is 0.670. The van der Waals surface area contributed by atoms with Crippen LogP contribution in [0.25, 0.3) is 0 Å². The quantitative estimate of drug-likeness (QED) is 0.435. The summed E-state index contributed by atoms with van der Waals surface area (Å²) in [6.07, 6.45) is 0.638. The van der Waals surface area contributed by atoms with E-state index in [2.05, 4.69) is 10.5 Å². The van der Waals surface area contributed by atoms with Crippen LogP contribution in [0.4, 0.5) is 4.79 Å². The van der Waals surface area contributed by atoms with Gasteiger partial charge in [-0.1, -0.05) is 0 Å². The maximum Gasteiger partial charge on any atom is 0.393 e. The molecule has 0 unspecified atom stereocenters. The van der Waals surface area contributed by atoms with Crippen molar-refractivity contribution in [2.75, 3.05) is 0 Å². The normalized spacial score (nSPS) is 10.2. The molecule has 0 fully saturated rings. The molecule has 2 N–H and O–H groups in total. The Kier molecular flexibility index (Phi) is 5.15. The lowest BCUT2D eigenvalue weighted by Crippen LogP contribution is -2.50. The van der Waals surface area contributed by atoms with E-state index in [1.165, 1.54) is 0 Å². The number of hydrogen-bond donors (Lipinski definition) is 2. The standard InChI is InChI=1S/C7H14B2N2O3/c1-7(2,3)11-8-10-6(14)9(4-12)5-13/h4-5,8,11H,1-3H3,(H,10,14). The Balaban J connectivity index is 3.85. The van der Waals surface area contributed by atoms with Crippen LogP contribution in [0, 0.1) is 0 Å². The molecule has 1 amide bonds. The molecule has 0 aliphatic rings. The first kappa shape index (κ1) is 12.9. The van der Waals surface area contributed by atoms with Gasteiger partial charge in [0.15, 0.2) is 5.81 Å². The van der Waals surface area contributed by atoms with Crippen LogP contribution < -0.4 is 10.5 Å². The molecule has 0 rings (SSSR count). The number of rotatable bonds is 5. The highest BCUT2D eigenvalue weighted by molar-refractivity contribution is 7.22. The number of nitrogens with one attached hydrogen (secondary N) is 2. The van der Waals surface area contributed by atoms with Crippen LogP contribution in [0.3, 0.4) is 0 Å². The minimum Gasteiger partial charge on any atom is -0.396 e. The highest BCUT2D eigenvalue weighted by atomic mass is 16.2. The summed E-state index contributed by atoms with van der Waals surface area (Å²) in [7, 11) is 0.237. The molecule has 14 heavy (non-hydrogen) atoms. The molecular weight excluding hydrogens is 182 g/mol. The second-order valence-electron chi connectivity index (χ2n) is 3.94. The van der Waals surface area contributed by atoms with Gasteiger partial charge in [-0.3, -0.25) is 4.79 Å². The van der Waals surface area contributed by atoms with Crippen molar-refractivity contribution in [2.24, 2.45) is 0 Å². The van der Waals surface area contributed by atoms with Crippen LogP contribution in [-0.4, -0.2) is 38.0 Å². The molecule has 0 aliphatic carbocycles. The maximum atomic E-state index is 11.1. The topological polar surface area (TPSA) is 75.3 Å². The van der Waals surface area contributed by atoms with Crippen LogP contribution in [0.15, 0.2) is 0 Å². The molecule has 0 aromatic heterocycles. The van der Waals surface area contributed by atoms with E-state index in [1.807, 2.05) is 20.8 Å². The number of carbonyl (C=O) groups excluding carboxylic acids is 3. The summed E-state index contributed by atoms with van der Waals surface area (Å²) < 4.78 is 0. The lowest BCUT2D eigenvalue weighted by Gasteiger charge is -2.20. The largest absolute Gasteiger partial charge is 0.396 e. The summed E-state index contributed by atoms with van der Waals surface area (Å²) in [5.41, 5.74) is -0.120. The molecule has 0 aromatic carbocycles.